The molecule has 3 heterocycles. The zero-order valence-corrected chi connectivity index (χ0v) is 14.3. The van der Waals surface area contributed by atoms with Crippen LogP contribution >= 0.6 is 11.3 Å². The Balaban J connectivity index is 1.49. The summed E-state index contributed by atoms with van der Waals surface area (Å²) < 4.78 is 0. The molecule has 0 spiro atoms. The van der Waals surface area contributed by atoms with Gasteiger partial charge >= 0.3 is 5.00 Å². The van der Waals surface area contributed by atoms with Gasteiger partial charge in [-0.15, -0.1) is 0 Å². The van der Waals surface area contributed by atoms with Crippen LogP contribution < -0.4 is 0 Å². The first-order valence-corrected chi connectivity index (χ1v) is 8.86. The van der Waals surface area contributed by atoms with Gasteiger partial charge in [-0.2, -0.15) is 0 Å². The van der Waals surface area contributed by atoms with Gasteiger partial charge in [0.15, 0.2) is 5.82 Å². The predicted octanol–water partition coefficient (Wildman–Crippen LogP) is 3.67. The van der Waals surface area contributed by atoms with Gasteiger partial charge in [0.2, 0.25) is 0 Å². The summed E-state index contributed by atoms with van der Waals surface area (Å²) in [4.78, 5) is 23.0. The number of aromatic nitrogens is 2. The van der Waals surface area contributed by atoms with Gasteiger partial charge < -0.3 is 0 Å². The first-order valence-electron chi connectivity index (χ1n) is 8.05. The Kier molecular flexibility index (Phi) is 4.25. The number of nitro groups is 1. The molecule has 0 bridgehead atoms. The van der Waals surface area contributed by atoms with Gasteiger partial charge in [-0.1, -0.05) is 41.7 Å². The lowest BCUT2D eigenvalue weighted by Crippen LogP contribution is -2.30. The van der Waals surface area contributed by atoms with E-state index in [4.69, 9.17) is 4.98 Å². The van der Waals surface area contributed by atoms with E-state index in [9.17, 15) is 10.1 Å². The molecule has 0 atom stereocenters. The van der Waals surface area contributed by atoms with Crippen molar-refractivity contribution in [3.05, 3.63) is 74.9 Å². The normalized spacial score (nSPS) is 14.2. The number of rotatable bonds is 4. The molecule has 0 amide bonds. The molecule has 0 aliphatic carbocycles. The Labute approximate surface area is 148 Å². The first-order chi connectivity index (χ1) is 12.2. The van der Waals surface area contributed by atoms with Crippen LogP contribution in [0.3, 0.4) is 0 Å². The van der Waals surface area contributed by atoms with E-state index in [2.05, 4.69) is 9.88 Å². The third kappa shape index (κ3) is 3.42. The summed E-state index contributed by atoms with van der Waals surface area (Å²) >= 11 is 1.24. The molecule has 0 unspecified atom stereocenters. The minimum absolute atomic E-state index is 0.197. The van der Waals surface area contributed by atoms with Crippen molar-refractivity contribution in [1.29, 1.82) is 0 Å². The lowest BCUT2D eigenvalue weighted by molar-refractivity contribution is -0.380. The number of hydrogen-bond acceptors (Lipinski definition) is 6. The summed E-state index contributed by atoms with van der Waals surface area (Å²) in [6.45, 7) is 2.39. The zero-order chi connectivity index (χ0) is 17.2. The van der Waals surface area contributed by atoms with Gasteiger partial charge in [0.1, 0.15) is 0 Å². The fraction of sp³-hybridized carbons (Fsp3) is 0.222. The molecule has 1 aromatic carbocycles. The first kappa shape index (κ1) is 15.9. The highest BCUT2D eigenvalue weighted by molar-refractivity contribution is 7.15. The summed E-state index contributed by atoms with van der Waals surface area (Å²) in [5.74, 6) is 0.765. The molecule has 0 radical (unpaired) electrons. The Hall–Kier alpha value is -2.64. The molecule has 1 aliphatic rings. The molecule has 2 aromatic heterocycles. The highest BCUT2D eigenvalue weighted by Gasteiger charge is 2.20. The number of thiophene rings is 1. The molecule has 0 saturated carbocycles. The van der Waals surface area contributed by atoms with Crippen LogP contribution in [0.1, 0.15) is 16.1 Å². The lowest BCUT2D eigenvalue weighted by Gasteiger charge is -2.27. The SMILES string of the molecule is O=[N+]([O-])c1ccc(CN2CCc3nc(-c4ccccc4)ncc3C2)s1. The molecular formula is C18H16N4O2S. The quantitative estimate of drug-likeness (QED) is 0.529. The van der Waals surface area contributed by atoms with E-state index in [0.29, 0.717) is 0 Å². The second kappa shape index (κ2) is 6.70. The van der Waals surface area contributed by atoms with Gasteiger partial charge in [0.05, 0.1) is 10.6 Å². The second-order valence-corrected chi connectivity index (χ2v) is 7.14. The van der Waals surface area contributed by atoms with Gasteiger partial charge in [0, 0.05) is 54.3 Å². The monoisotopic (exact) mass is 352 g/mol. The minimum Gasteiger partial charge on any atom is -0.293 e. The van der Waals surface area contributed by atoms with Crippen molar-refractivity contribution in [2.75, 3.05) is 6.54 Å². The number of benzene rings is 1. The van der Waals surface area contributed by atoms with Crippen LogP contribution in [0, 0.1) is 10.1 Å². The van der Waals surface area contributed by atoms with Gasteiger partial charge in [-0.05, 0) is 6.07 Å². The third-order valence-electron chi connectivity index (χ3n) is 4.25. The van der Waals surface area contributed by atoms with Crippen molar-refractivity contribution in [2.45, 2.75) is 19.5 Å². The molecule has 1 aliphatic heterocycles. The average molecular weight is 352 g/mol. The van der Waals surface area contributed by atoms with Crippen molar-refractivity contribution in [3.8, 4) is 11.4 Å². The van der Waals surface area contributed by atoms with Crippen LogP contribution in [0.2, 0.25) is 0 Å². The second-order valence-electron chi connectivity index (χ2n) is 5.99. The maximum Gasteiger partial charge on any atom is 0.324 e. The Morgan fingerprint density at radius 3 is 2.80 bits per heavy atom. The maximum atomic E-state index is 10.8. The van der Waals surface area contributed by atoms with Crippen LogP contribution in [-0.4, -0.2) is 26.3 Å². The van der Waals surface area contributed by atoms with E-state index in [1.807, 2.05) is 42.6 Å². The van der Waals surface area contributed by atoms with E-state index < -0.39 is 0 Å². The van der Waals surface area contributed by atoms with Crippen molar-refractivity contribution in [1.82, 2.24) is 14.9 Å². The molecule has 7 heteroatoms. The Morgan fingerprint density at radius 1 is 1.20 bits per heavy atom. The highest BCUT2D eigenvalue weighted by atomic mass is 32.1. The summed E-state index contributed by atoms with van der Waals surface area (Å²) in [6, 6.07) is 13.4. The largest absolute Gasteiger partial charge is 0.324 e. The van der Waals surface area contributed by atoms with Crippen LogP contribution in [0.25, 0.3) is 11.4 Å². The summed E-state index contributed by atoms with van der Waals surface area (Å²) in [7, 11) is 0. The van der Waals surface area contributed by atoms with Crippen molar-refractivity contribution < 1.29 is 4.92 Å². The maximum absolute atomic E-state index is 10.8. The van der Waals surface area contributed by atoms with Crippen LogP contribution in [0.4, 0.5) is 5.00 Å². The van der Waals surface area contributed by atoms with E-state index in [0.717, 1.165) is 53.6 Å². The molecule has 0 fully saturated rings. The van der Waals surface area contributed by atoms with Crippen molar-refractivity contribution in [3.63, 3.8) is 0 Å². The molecule has 0 N–H and O–H groups in total. The topological polar surface area (TPSA) is 72.2 Å². The molecule has 0 saturated heterocycles. The lowest BCUT2D eigenvalue weighted by atomic mass is 10.1. The highest BCUT2D eigenvalue weighted by Crippen LogP contribution is 2.27. The van der Waals surface area contributed by atoms with Crippen LogP contribution in [-0.2, 0) is 19.5 Å². The van der Waals surface area contributed by atoms with Gasteiger partial charge in [-0.25, -0.2) is 9.97 Å². The van der Waals surface area contributed by atoms with Crippen molar-refractivity contribution in [2.24, 2.45) is 0 Å². The fourth-order valence-electron chi connectivity index (χ4n) is 3.01. The predicted molar refractivity (Wildman–Crippen MR) is 96.3 cm³/mol. The van der Waals surface area contributed by atoms with E-state index in [-0.39, 0.29) is 9.92 Å². The average Bonchev–Trinajstić information content (AvgIpc) is 3.11. The molecule has 126 valence electrons. The van der Waals surface area contributed by atoms with Gasteiger partial charge in [0.25, 0.3) is 0 Å². The van der Waals surface area contributed by atoms with Crippen molar-refractivity contribution >= 4 is 16.3 Å². The standard InChI is InChI=1S/C18H16N4O2S/c23-22(24)17-7-6-15(25-17)12-21-9-8-16-14(11-21)10-19-18(20-16)13-4-2-1-3-5-13/h1-7,10H,8-9,11-12H2. The van der Waals surface area contributed by atoms with Crippen LogP contribution in [0.15, 0.2) is 48.7 Å². The Bertz CT molecular complexity index is 910. The number of fused-ring (bicyclic) bond motifs is 1. The van der Waals surface area contributed by atoms with E-state index in [1.54, 1.807) is 6.07 Å². The Morgan fingerprint density at radius 2 is 2.04 bits per heavy atom. The summed E-state index contributed by atoms with van der Waals surface area (Å²) in [6.07, 6.45) is 2.78. The third-order valence-corrected chi connectivity index (χ3v) is 5.27. The molecular weight excluding hydrogens is 336 g/mol. The number of hydrogen-bond donors (Lipinski definition) is 0. The molecule has 25 heavy (non-hydrogen) atoms. The molecule has 6 nitrogen and oxygen atoms in total. The summed E-state index contributed by atoms with van der Waals surface area (Å²) in [5, 5.41) is 11.0. The minimum atomic E-state index is -0.335. The summed E-state index contributed by atoms with van der Waals surface area (Å²) in [5.41, 5.74) is 3.26. The zero-order valence-electron chi connectivity index (χ0n) is 13.5. The molecule has 3 aromatic rings. The fourth-order valence-corrected chi connectivity index (χ4v) is 3.87. The van der Waals surface area contributed by atoms with E-state index >= 15 is 0 Å². The smallest absolute Gasteiger partial charge is 0.293 e. The van der Waals surface area contributed by atoms with E-state index in [1.165, 1.54) is 11.3 Å². The molecule has 4 rings (SSSR count). The van der Waals surface area contributed by atoms with Crippen LogP contribution in [0.5, 0.6) is 0 Å². The van der Waals surface area contributed by atoms with Gasteiger partial charge in [-0.3, -0.25) is 15.0 Å². The number of nitrogens with zero attached hydrogens (tertiary/aromatic N) is 4.